The molecule has 8 heteroatoms. The van der Waals surface area contributed by atoms with Gasteiger partial charge in [0.15, 0.2) is 0 Å². The highest BCUT2D eigenvalue weighted by atomic mass is 79.9. The van der Waals surface area contributed by atoms with Crippen LogP contribution in [0.4, 0.5) is 0 Å². The van der Waals surface area contributed by atoms with E-state index in [-0.39, 0.29) is 21.0 Å². The molecule has 1 aliphatic carbocycles. The Labute approximate surface area is 123 Å². The van der Waals surface area contributed by atoms with Crippen LogP contribution in [0.1, 0.15) is 12.8 Å². The van der Waals surface area contributed by atoms with Crippen LogP contribution >= 0.6 is 39.1 Å². The largest absolute Gasteiger partial charge is 0.393 e. The van der Waals surface area contributed by atoms with Crippen LogP contribution in [0.25, 0.3) is 0 Å². The van der Waals surface area contributed by atoms with Crippen LogP contribution in [-0.4, -0.2) is 25.7 Å². The van der Waals surface area contributed by atoms with Gasteiger partial charge in [-0.05, 0) is 25.0 Å². The van der Waals surface area contributed by atoms with Crippen molar-refractivity contribution in [3.63, 3.8) is 0 Å². The first-order chi connectivity index (χ1) is 8.29. The van der Waals surface area contributed by atoms with Crippen molar-refractivity contribution in [3.05, 3.63) is 26.7 Å². The molecule has 0 amide bonds. The summed E-state index contributed by atoms with van der Waals surface area (Å²) in [6.07, 6.45) is 0.379. The molecule has 0 radical (unpaired) electrons. The normalized spacial score (nSPS) is 23.8. The third-order valence-electron chi connectivity index (χ3n) is 2.67. The first-order valence-corrected chi connectivity index (χ1v) is 8.18. The molecule has 1 aromatic rings. The predicted molar refractivity (Wildman–Crippen MR) is 73.5 cm³/mol. The number of aliphatic hydroxyl groups excluding tert-OH is 1. The molecule has 0 bridgehead atoms. The Morgan fingerprint density at radius 1 is 1.28 bits per heavy atom. The van der Waals surface area contributed by atoms with Gasteiger partial charge >= 0.3 is 0 Å². The van der Waals surface area contributed by atoms with E-state index in [0.29, 0.717) is 17.3 Å². The van der Waals surface area contributed by atoms with Crippen LogP contribution in [0, 0.1) is 0 Å². The van der Waals surface area contributed by atoms with Crippen LogP contribution in [0.5, 0.6) is 0 Å². The fraction of sp³-hybridized carbons (Fsp3) is 0.400. The van der Waals surface area contributed by atoms with Crippen LogP contribution in [0.2, 0.25) is 10.0 Å². The molecule has 0 aliphatic heterocycles. The molecule has 0 heterocycles. The average Bonchev–Trinajstić information content (AvgIpc) is 2.11. The Kier molecular flexibility index (Phi) is 4.26. The molecular formula is C10H10BrCl2NO3S. The highest BCUT2D eigenvalue weighted by Gasteiger charge is 2.33. The minimum Gasteiger partial charge on any atom is -0.393 e. The number of aliphatic hydroxyl groups is 1. The number of hydrogen-bond acceptors (Lipinski definition) is 3. The van der Waals surface area contributed by atoms with Crippen LogP contribution in [-0.2, 0) is 10.0 Å². The van der Waals surface area contributed by atoms with Crippen LogP contribution in [0.3, 0.4) is 0 Å². The van der Waals surface area contributed by atoms with Gasteiger partial charge in [0.2, 0.25) is 10.0 Å². The summed E-state index contributed by atoms with van der Waals surface area (Å²) in [7, 11) is -3.77. The average molecular weight is 375 g/mol. The minimum absolute atomic E-state index is 0.0572. The highest BCUT2D eigenvalue weighted by Crippen LogP contribution is 2.33. The number of halogens is 3. The monoisotopic (exact) mass is 373 g/mol. The molecule has 2 rings (SSSR count). The summed E-state index contributed by atoms with van der Waals surface area (Å²) in [5.41, 5.74) is 0. The maximum Gasteiger partial charge on any atom is 0.243 e. The number of nitrogens with one attached hydrogen (secondary N) is 1. The summed E-state index contributed by atoms with van der Waals surface area (Å²) in [6, 6.07) is 2.68. The lowest BCUT2D eigenvalue weighted by Crippen LogP contribution is -2.46. The van der Waals surface area contributed by atoms with E-state index < -0.39 is 16.1 Å². The molecule has 18 heavy (non-hydrogen) atoms. The van der Waals surface area contributed by atoms with Gasteiger partial charge in [0.1, 0.15) is 4.90 Å². The second-order valence-corrected chi connectivity index (χ2v) is 7.52. The van der Waals surface area contributed by atoms with Crippen molar-refractivity contribution >= 4 is 49.2 Å². The standard InChI is InChI=1S/C10H10BrCl2NO3S/c11-5-1-8(12)10(9(13)2-5)18(16,17)14-6-3-7(15)4-6/h1-2,6-7,14-15H,3-4H2. The van der Waals surface area contributed by atoms with Gasteiger partial charge in [-0.2, -0.15) is 0 Å². The quantitative estimate of drug-likeness (QED) is 0.854. The molecule has 1 aromatic carbocycles. The molecule has 0 unspecified atom stereocenters. The zero-order chi connectivity index (χ0) is 13.5. The molecule has 1 fully saturated rings. The van der Waals surface area contributed by atoms with Crippen molar-refractivity contribution in [3.8, 4) is 0 Å². The van der Waals surface area contributed by atoms with Gasteiger partial charge in [-0.3, -0.25) is 0 Å². The van der Waals surface area contributed by atoms with E-state index in [4.69, 9.17) is 28.3 Å². The van der Waals surface area contributed by atoms with Crippen molar-refractivity contribution in [2.45, 2.75) is 29.9 Å². The van der Waals surface area contributed by atoms with E-state index in [9.17, 15) is 8.42 Å². The van der Waals surface area contributed by atoms with E-state index in [1.807, 2.05) is 0 Å². The van der Waals surface area contributed by atoms with E-state index in [1.165, 1.54) is 12.1 Å². The number of hydrogen-bond donors (Lipinski definition) is 2. The minimum atomic E-state index is -3.77. The molecule has 0 atom stereocenters. The summed E-state index contributed by atoms with van der Waals surface area (Å²) in [4.78, 5) is -0.129. The van der Waals surface area contributed by atoms with Crippen molar-refractivity contribution in [1.82, 2.24) is 4.72 Å². The first kappa shape index (κ1) is 14.6. The molecule has 100 valence electrons. The third-order valence-corrected chi connectivity index (χ3v) is 5.57. The Balaban J connectivity index is 2.30. The number of benzene rings is 1. The Hall–Kier alpha value is 0.150. The molecule has 2 N–H and O–H groups in total. The fourth-order valence-corrected chi connectivity index (χ4v) is 4.95. The van der Waals surface area contributed by atoms with Crippen molar-refractivity contribution in [2.75, 3.05) is 0 Å². The molecule has 1 aliphatic rings. The van der Waals surface area contributed by atoms with Crippen LogP contribution in [0.15, 0.2) is 21.5 Å². The summed E-state index contributed by atoms with van der Waals surface area (Å²) >= 11 is 15.0. The van der Waals surface area contributed by atoms with Gasteiger partial charge in [-0.25, -0.2) is 13.1 Å². The lowest BCUT2D eigenvalue weighted by Gasteiger charge is -2.31. The zero-order valence-corrected chi connectivity index (χ0v) is 12.9. The van der Waals surface area contributed by atoms with Gasteiger partial charge in [-0.15, -0.1) is 0 Å². The van der Waals surface area contributed by atoms with Gasteiger partial charge < -0.3 is 5.11 Å². The van der Waals surface area contributed by atoms with Gasteiger partial charge in [-0.1, -0.05) is 39.1 Å². The first-order valence-electron chi connectivity index (χ1n) is 5.14. The Morgan fingerprint density at radius 2 is 1.78 bits per heavy atom. The summed E-state index contributed by atoms with van der Waals surface area (Å²) in [6.45, 7) is 0. The van der Waals surface area contributed by atoms with E-state index in [0.717, 1.165) is 0 Å². The molecule has 0 aromatic heterocycles. The van der Waals surface area contributed by atoms with Crippen LogP contribution < -0.4 is 4.72 Å². The topological polar surface area (TPSA) is 66.4 Å². The second-order valence-electron chi connectivity index (χ2n) is 4.14. The third kappa shape index (κ3) is 3.00. The van der Waals surface area contributed by atoms with E-state index in [2.05, 4.69) is 20.7 Å². The predicted octanol–water partition coefficient (Wildman–Crippen LogP) is 2.56. The van der Waals surface area contributed by atoms with E-state index >= 15 is 0 Å². The lowest BCUT2D eigenvalue weighted by atomic mass is 9.91. The molecule has 4 nitrogen and oxygen atoms in total. The smallest absolute Gasteiger partial charge is 0.243 e. The van der Waals surface area contributed by atoms with Gasteiger partial charge in [0, 0.05) is 10.5 Å². The molecule has 1 saturated carbocycles. The van der Waals surface area contributed by atoms with Gasteiger partial charge in [0.25, 0.3) is 0 Å². The maximum absolute atomic E-state index is 12.1. The number of sulfonamides is 1. The Bertz CT molecular complexity index is 549. The van der Waals surface area contributed by atoms with E-state index in [1.54, 1.807) is 0 Å². The van der Waals surface area contributed by atoms with Crippen molar-refractivity contribution in [2.24, 2.45) is 0 Å². The number of rotatable bonds is 3. The SMILES string of the molecule is O=S(=O)(NC1CC(O)C1)c1c(Cl)cc(Br)cc1Cl. The maximum atomic E-state index is 12.1. The fourth-order valence-electron chi connectivity index (χ4n) is 1.75. The Morgan fingerprint density at radius 3 is 2.22 bits per heavy atom. The van der Waals surface area contributed by atoms with Crippen molar-refractivity contribution in [1.29, 1.82) is 0 Å². The summed E-state index contributed by atoms with van der Waals surface area (Å²) < 4.78 is 27.3. The summed E-state index contributed by atoms with van der Waals surface area (Å²) in [5.74, 6) is 0. The van der Waals surface area contributed by atoms with Gasteiger partial charge in [0.05, 0.1) is 16.1 Å². The molecule has 0 saturated heterocycles. The zero-order valence-electron chi connectivity index (χ0n) is 9.03. The summed E-state index contributed by atoms with van der Waals surface area (Å²) in [5, 5.41) is 9.25. The molecular weight excluding hydrogens is 365 g/mol. The van der Waals surface area contributed by atoms with Crippen molar-refractivity contribution < 1.29 is 13.5 Å². The highest BCUT2D eigenvalue weighted by molar-refractivity contribution is 9.10. The lowest BCUT2D eigenvalue weighted by molar-refractivity contribution is 0.0712. The molecule has 0 spiro atoms. The second kappa shape index (κ2) is 5.26.